The molecule has 8 nitrogen and oxygen atoms in total. The molecule has 0 fully saturated rings. The minimum Gasteiger partial charge on any atom is -0.458 e. The highest BCUT2D eigenvalue weighted by molar-refractivity contribution is 7.99. The van der Waals surface area contributed by atoms with E-state index in [-0.39, 0.29) is 30.2 Å². The predicted molar refractivity (Wildman–Crippen MR) is 260 cm³/mol. The molecule has 9 heteroatoms. The second-order valence-electron chi connectivity index (χ2n) is 18.6. The van der Waals surface area contributed by atoms with Gasteiger partial charge in [0.05, 0.1) is 12.6 Å². The first-order chi connectivity index (χ1) is 30.1. The predicted octanol–water partition coefficient (Wildman–Crippen LogP) is 13.9. The highest BCUT2D eigenvalue weighted by Gasteiger charge is 2.31. The minimum absolute atomic E-state index is 0.0408. The molecule has 0 saturated carbocycles. The number of ether oxygens (including phenoxy) is 3. The molecule has 2 amide bonds. The average molecular weight is 879 g/mol. The molecule has 2 unspecified atom stereocenters. The van der Waals surface area contributed by atoms with Crippen molar-refractivity contribution in [2.45, 2.75) is 212 Å². The molecular formula is C53H86N2O6S. The summed E-state index contributed by atoms with van der Waals surface area (Å²) in [6.45, 7) is 11.2. The van der Waals surface area contributed by atoms with Crippen LogP contribution in [-0.4, -0.2) is 67.0 Å². The lowest BCUT2D eigenvalue weighted by atomic mass is 9.98. The van der Waals surface area contributed by atoms with Crippen LogP contribution in [0, 0.1) is 0 Å². The van der Waals surface area contributed by atoms with E-state index in [1.54, 1.807) is 0 Å². The third kappa shape index (κ3) is 23.1. The van der Waals surface area contributed by atoms with Crippen LogP contribution in [0.2, 0.25) is 0 Å². The van der Waals surface area contributed by atoms with E-state index >= 15 is 0 Å². The maximum atomic E-state index is 13.4. The van der Waals surface area contributed by atoms with E-state index in [0.29, 0.717) is 25.4 Å². The summed E-state index contributed by atoms with van der Waals surface area (Å²) in [4.78, 5) is 39.9. The number of hydrogen-bond acceptors (Lipinski definition) is 7. The Bertz CT molecular complexity index is 1470. The highest BCUT2D eigenvalue weighted by atomic mass is 32.2. The van der Waals surface area contributed by atoms with Crippen molar-refractivity contribution in [3.05, 3.63) is 59.7 Å². The fourth-order valence-corrected chi connectivity index (χ4v) is 9.36. The smallest absolute Gasteiger partial charge is 0.407 e. The average Bonchev–Trinajstić information content (AvgIpc) is 3.57. The molecular weight excluding hydrogens is 793 g/mol. The Balaban J connectivity index is 1.46. The zero-order valence-corrected chi connectivity index (χ0v) is 40.5. The molecule has 0 bridgehead atoms. The van der Waals surface area contributed by atoms with Gasteiger partial charge in [-0.15, -0.1) is 0 Å². The fraction of sp³-hybridized carbons (Fsp3) is 0.717. The van der Waals surface area contributed by atoms with Crippen molar-refractivity contribution >= 4 is 29.7 Å². The van der Waals surface area contributed by atoms with Gasteiger partial charge in [-0.2, -0.15) is 11.8 Å². The van der Waals surface area contributed by atoms with E-state index < -0.39 is 23.7 Å². The van der Waals surface area contributed by atoms with Crippen LogP contribution in [-0.2, 0) is 23.8 Å². The Kier molecular flexibility index (Phi) is 28.0. The van der Waals surface area contributed by atoms with Gasteiger partial charge in [-0.05, 0) is 55.9 Å². The van der Waals surface area contributed by atoms with Crippen molar-refractivity contribution in [1.82, 2.24) is 10.6 Å². The number of rotatable bonds is 36. The lowest BCUT2D eigenvalue weighted by Gasteiger charge is -2.25. The van der Waals surface area contributed by atoms with Crippen LogP contribution >= 0.6 is 11.8 Å². The number of benzene rings is 2. The van der Waals surface area contributed by atoms with Gasteiger partial charge in [-0.1, -0.05) is 197 Å². The van der Waals surface area contributed by atoms with Crippen LogP contribution in [0.4, 0.5) is 4.79 Å². The standard InChI is InChI=1S/C53H86N2O6S/c1-6-8-10-12-14-16-17-18-19-20-22-24-26-32-38-59-39-43(54-50(56)37-27-25-23-21-15-13-11-9-7-2)41-62-42-49(51(57)61-53(3,4)5)55-52(58)60-40-48-46-35-30-28-33-44(46)45-34-29-31-36-47(45)48/h28-31,33-36,43,48-49H,6-27,32,37-42H2,1-5H3,(H,54,56)(H,55,58). The molecule has 2 aromatic rings. The van der Waals surface area contributed by atoms with Crippen molar-refractivity contribution in [2.24, 2.45) is 0 Å². The fourth-order valence-electron chi connectivity index (χ4n) is 8.30. The van der Waals surface area contributed by atoms with Gasteiger partial charge in [0.2, 0.25) is 5.91 Å². The van der Waals surface area contributed by atoms with E-state index in [1.807, 2.05) is 45.0 Å². The second kappa shape index (κ2) is 32.6. The molecule has 62 heavy (non-hydrogen) atoms. The third-order valence-electron chi connectivity index (χ3n) is 11.8. The zero-order chi connectivity index (χ0) is 44.7. The molecule has 2 aromatic carbocycles. The molecule has 1 aliphatic carbocycles. The largest absolute Gasteiger partial charge is 0.458 e. The maximum Gasteiger partial charge on any atom is 0.407 e. The summed E-state index contributed by atoms with van der Waals surface area (Å²) < 4.78 is 17.7. The molecule has 0 aromatic heterocycles. The van der Waals surface area contributed by atoms with Crippen molar-refractivity contribution in [3.8, 4) is 11.1 Å². The lowest BCUT2D eigenvalue weighted by Crippen LogP contribution is -2.47. The molecule has 0 heterocycles. The van der Waals surface area contributed by atoms with E-state index in [2.05, 4.69) is 48.7 Å². The molecule has 0 saturated heterocycles. The van der Waals surface area contributed by atoms with Crippen molar-refractivity contribution in [3.63, 3.8) is 0 Å². The summed E-state index contributed by atoms with van der Waals surface area (Å²) in [5.74, 6) is 0.237. The lowest BCUT2D eigenvalue weighted by molar-refractivity contribution is -0.156. The molecule has 0 radical (unpaired) electrons. The van der Waals surface area contributed by atoms with Crippen LogP contribution in [0.5, 0.6) is 0 Å². The van der Waals surface area contributed by atoms with E-state index in [1.165, 1.54) is 134 Å². The Morgan fingerprint density at radius 1 is 0.613 bits per heavy atom. The van der Waals surface area contributed by atoms with Crippen LogP contribution < -0.4 is 10.6 Å². The molecule has 0 spiro atoms. The van der Waals surface area contributed by atoms with Crippen LogP contribution in [0.1, 0.15) is 206 Å². The minimum atomic E-state index is -0.926. The number of amides is 2. The topological polar surface area (TPSA) is 103 Å². The molecule has 2 N–H and O–H groups in total. The number of nitrogens with one attached hydrogen (secondary N) is 2. The van der Waals surface area contributed by atoms with Crippen LogP contribution in [0.15, 0.2) is 48.5 Å². The first-order valence-electron chi connectivity index (χ1n) is 24.9. The number of carbonyl (C=O) groups excluding carboxylic acids is 3. The second-order valence-corrected chi connectivity index (χ2v) is 19.7. The Labute approximate surface area is 381 Å². The van der Waals surface area contributed by atoms with E-state index in [0.717, 1.165) is 47.9 Å². The third-order valence-corrected chi connectivity index (χ3v) is 13.0. The van der Waals surface area contributed by atoms with Gasteiger partial charge in [0.25, 0.3) is 0 Å². The van der Waals surface area contributed by atoms with Crippen molar-refractivity contribution in [2.75, 3.05) is 31.3 Å². The summed E-state index contributed by atoms with van der Waals surface area (Å²) in [6.07, 6.45) is 29.1. The Hall–Kier alpha value is -3.04. The molecule has 2 atom stereocenters. The van der Waals surface area contributed by atoms with E-state index in [4.69, 9.17) is 14.2 Å². The number of fused-ring (bicyclic) bond motifs is 3. The van der Waals surface area contributed by atoms with E-state index in [9.17, 15) is 14.4 Å². The number of carbonyl (C=O) groups is 3. The van der Waals surface area contributed by atoms with Gasteiger partial charge in [0.15, 0.2) is 0 Å². The molecule has 1 aliphatic rings. The van der Waals surface area contributed by atoms with Gasteiger partial charge in [0.1, 0.15) is 18.2 Å². The molecule has 0 aliphatic heterocycles. The normalized spacial score (nSPS) is 13.3. The van der Waals surface area contributed by atoms with Gasteiger partial charge in [0, 0.05) is 30.5 Å². The summed E-state index contributed by atoms with van der Waals surface area (Å²) in [5.41, 5.74) is 3.82. The SMILES string of the molecule is CCCCCCCCCCCCCCCCOCC(CSCC(NC(=O)OCC1c2ccccc2-c2ccccc21)C(=O)OC(C)(C)C)NC(=O)CCCCCCCCCCC. The zero-order valence-electron chi connectivity index (χ0n) is 39.7. The number of hydrogen-bond donors (Lipinski definition) is 2. The van der Waals surface area contributed by atoms with Crippen LogP contribution in [0.25, 0.3) is 11.1 Å². The monoisotopic (exact) mass is 879 g/mol. The highest BCUT2D eigenvalue weighted by Crippen LogP contribution is 2.44. The van der Waals surface area contributed by atoms with Gasteiger partial charge < -0.3 is 24.8 Å². The molecule has 350 valence electrons. The summed E-state index contributed by atoms with van der Waals surface area (Å²) in [5, 5.41) is 6.04. The molecule has 3 rings (SSSR count). The Morgan fingerprint density at radius 2 is 1.08 bits per heavy atom. The van der Waals surface area contributed by atoms with Gasteiger partial charge in [-0.3, -0.25) is 4.79 Å². The summed E-state index contributed by atoms with van der Waals surface area (Å²) in [7, 11) is 0. The first kappa shape index (κ1) is 53.3. The summed E-state index contributed by atoms with van der Waals surface area (Å²) >= 11 is 1.50. The summed E-state index contributed by atoms with van der Waals surface area (Å²) in [6, 6.07) is 15.3. The number of alkyl carbamates (subject to hydrolysis) is 1. The number of unbranched alkanes of at least 4 members (excludes halogenated alkanes) is 21. The first-order valence-corrected chi connectivity index (χ1v) is 26.1. The Morgan fingerprint density at radius 3 is 1.58 bits per heavy atom. The van der Waals surface area contributed by atoms with Crippen LogP contribution in [0.3, 0.4) is 0 Å². The number of esters is 1. The number of thioether (sulfide) groups is 1. The maximum absolute atomic E-state index is 13.4. The van der Waals surface area contributed by atoms with Gasteiger partial charge in [-0.25, -0.2) is 9.59 Å². The quantitative estimate of drug-likeness (QED) is 0.0519. The van der Waals surface area contributed by atoms with Crippen molar-refractivity contribution < 1.29 is 28.6 Å². The van der Waals surface area contributed by atoms with Crippen molar-refractivity contribution in [1.29, 1.82) is 0 Å². The van der Waals surface area contributed by atoms with Gasteiger partial charge >= 0.3 is 12.1 Å².